The van der Waals surface area contributed by atoms with Crippen LogP contribution in [-0.2, 0) is 0 Å². The lowest BCUT2D eigenvalue weighted by molar-refractivity contribution is 0.995. The zero-order valence-corrected chi connectivity index (χ0v) is 30.8. The number of para-hydroxylation sites is 6. The summed E-state index contributed by atoms with van der Waals surface area (Å²) < 4.78 is 7.02. The molecule has 266 valence electrons. The third kappa shape index (κ3) is 4.82. The van der Waals surface area contributed by atoms with Gasteiger partial charge in [0.15, 0.2) is 0 Å². The highest BCUT2D eigenvalue weighted by Gasteiger charge is 2.20. The van der Waals surface area contributed by atoms with Gasteiger partial charge in [-0.05, 0) is 60.7 Å². The summed E-state index contributed by atoms with van der Waals surface area (Å²) in [5.74, 6) is 0.629. The van der Waals surface area contributed by atoms with E-state index in [1.807, 2.05) is 6.07 Å². The summed E-state index contributed by atoms with van der Waals surface area (Å²) in [6.07, 6.45) is 0. The minimum Gasteiger partial charge on any atom is -0.309 e. The van der Waals surface area contributed by atoms with Gasteiger partial charge in [0.1, 0.15) is 0 Å². The molecule has 0 aliphatic rings. The summed E-state index contributed by atoms with van der Waals surface area (Å²) in [6.45, 7) is 0. The summed E-state index contributed by atoms with van der Waals surface area (Å²) in [4.78, 5) is 10.8. The highest BCUT2D eigenvalue weighted by Crippen LogP contribution is 2.39. The van der Waals surface area contributed by atoms with Gasteiger partial charge >= 0.3 is 0 Å². The van der Waals surface area contributed by atoms with E-state index >= 15 is 0 Å². The Hall–Kier alpha value is -7.76. The first-order valence-corrected chi connectivity index (χ1v) is 19.3. The van der Waals surface area contributed by atoms with Crippen LogP contribution >= 0.6 is 0 Å². The van der Waals surface area contributed by atoms with E-state index < -0.39 is 0 Å². The molecule has 0 aliphatic heterocycles. The Labute approximate surface area is 328 Å². The molecule has 0 N–H and O–H groups in total. The maximum absolute atomic E-state index is 5.50. The molecule has 4 aromatic heterocycles. The molecule has 0 saturated carbocycles. The van der Waals surface area contributed by atoms with Crippen molar-refractivity contribution in [3.63, 3.8) is 0 Å². The van der Waals surface area contributed by atoms with Gasteiger partial charge in [-0.2, -0.15) is 0 Å². The molecule has 12 rings (SSSR count). The van der Waals surface area contributed by atoms with Crippen molar-refractivity contribution in [2.45, 2.75) is 0 Å². The fourth-order valence-corrected chi connectivity index (χ4v) is 8.98. The van der Waals surface area contributed by atoms with Gasteiger partial charge in [-0.3, -0.25) is 4.57 Å². The molecular formula is C52H33N5. The summed E-state index contributed by atoms with van der Waals surface area (Å²) in [5.41, 5.74) is 12.6. The summed E-state index contributed by atoms with van der Waals surface area (Å²) >= 11 is 0. The summed E-state index contributed by atoms with van der Waals surface area (Å²) in [6, 6.07) is 71.4. The second-order valence-corrected chi connectivity index (χ2v) is 14.7. The molecule has 5 nitrogen and oxygen atoms in total. The van der Waals surface area contributed by atoms with Crippen molar-refractivity contribution < 1.29 is 0 Å². The third-order valence-corrected chi connectivity index (χ3v) is 11.4. The van der Waals surface area contributed by atoms with Crippen LogP contribution in [0.3, 0.4) is 0 Å². The molecule has 5 heteroatoms. The van der Waals surface area contributed by atoms with Gasteiger partial charge < -0.3 is 9.13 Å². The lowest BCUT2D eigenvalue weighted by atomic mass is 10.1. The predicted molar refractivity (Wildman–Crippen MR) is 236 cm³/mol. The highest BCUT2D eigenvalue weighted by atomic mass is 15.2. The predicted octanol–water partition coefficient (Wildman–Crippen LogP) is 13.1. The van der Waals surface area contributed by atoms with E-state index in [9.17, 15) is 0 Å². The largest absolute Gasteiger partial charge is 0.309 e. The van der Waals surface area contributed by atoms with Crippen LogP contribution in [0.5, 0.6) is 0 Å². The molecule has 12 aromatic rings. The quantitative estimate of drug-likeness (QED) is 0.177. The molecule has 0 amide bonds. The molecule has 0 fully saturated rings. The minimum atomic E-state index is 0.629. The van der Waals surface area contributed by atoms with Gasteiger partial charge in [0.2, 0.25) is 5.95 Å². The van der Waals surface area contributed by atoms with E-state index in [0.717, 1.165) is 67.0 Å². The fourth-order valence-electron chi connectivity index (χ4n) is 8.98. The van der Waals surface area contributed by atoms with Crippen LogP contribution in [0.4, 0.5) is 0 Å². The minimum absolute atomic E-state index is 0.629. The third-order valence-electron chi connectivity index (χ3n) is 11.4. The molecule has 0 saturated heterocycles. The second-order valence-electron chi connectivity index (χ2n) is 14.7. The molecule has 57 heavy (non-hydrogen) atoms. The van der Waals surface area contributed by atoms with Crippen molar-refractivity contribution in [2.75, 3.05) is 0 Å². The van der Waals surface area contributed by atoms with Gasteiger partial charge in [0.05, 0.1) is 44.5 Å². The average Bonchev–Trinajstić information content (AvgIpc) is 3.92. The van der Waals surface area contributed by atoms with E-state index in [-0.39, 0.29) is 0 Å². The van der Waals surface area contributed by atoms with E-state index in [4.69, 9.17) is 9.97 Å². The molecule has 4 heterocycles. The van der Waals surface area contributed by atoms with Crippen molar-refractivity contribution in [1.29, 1.82) is 0 Å². The van der Waals surface area contributed by atoms with Crippen molar-refractivity contribution >= 4 is 65.4 Å². The second kappa shape index (κ2) is 12.4. The number of aromatic nitrogens is 5. The Morgan fingerprint density at radius 2 is 0.579 bits per heavy atom. The smallest absolute Gasteiger partial charge is 0.235 e. The van der Waals surface area contributed by atoms with Crippen molar-refractivity contribution in [1.82, 2.24) is 23.7 Å². The molecule has 0 radical (unpaired) electrons. The normalized spacial score (nSPS) is 11.9. The van der Waals surface area contributed by atoms with Crippen molar-refractivity contribution in [3.8, 4) is 39.8 Å². The standard InChI is InChI=1S/C52H33N5/c1-2-16-34(17-3-1)44-33-45(54-52(53-44)57-50-28-14-8-22-42(50)43-23-9-15-29-51(43)57)35-30-36(55-46-24-10-4-18-38(46)39-19-5-11-25-47(39)55)32-37(31-35)56-48-26-12-6-20-40(48)41-21-7-13-27-49(41)56/h1-33H. The Morgan fingerprint density at radius 1 is 0.263 bits per heavy atom. The molecular weight excluding hydrogens is 695 g/mol. The summed E-state index contributed by atoms with van der Waals surface area (Å²) in [7, 11) is 0. The number of nitrogens with zero attached hydrogens (tertiary/aromatic N) is 5. The highest BCUT2D eigenvalue weighted by molar-refractivity contribution is 6.11. The number of benzene rings is 8. The molecule has 0 bridgehead atoms. The van der Waals surface area contributed by atoms with Crippen LogP contribution in [0.15, 0.2) is 200 Å². The Balaban J connectivity index is 1.20. The summed E-state index contributed by atoms with van der Waals surface area (Å²) in [5, 5.41) is 7.23. The zero-order chi connectivity index (χ0) is 37.5. The maximum atomic E-state index is 5.50. The van der Waals surface area contributed by atoms with Crippen LogP contribution in [0.1, 0.15) is 0 Å². The molecule has 0 spiro atoms. The first-order chi connectivity index (χ1) is 28.3. The van der Waals surface area contributed by atoms with Crippen LogP contribution in [-0.4, -0.2) is 23.7 Å². The van der Waals surface area contributed by atoms with Crippen molar-refractivity contribution in [2.24, 2.45) is 0 Å². The Morgan fingerprint density at radius 3 is 0.965 bits per heavy atom. The zero-order valence-electron chi connectivity index (χ0n) is 30.8. The van der Waals surface area contributed by atoms with Gasteiger partial charge in [-0.25, -0.2) is 9.97 Å². The van der Waals surface area contributed by atoms with Crippen LogP contribution in [0, 0.1) is 0 Å². The molecule has 0 unspecified atom stereocenters. The van der Waals surface area contributed by atoms with Crippen LogP contribution in [0.2, 0.25) is 0 Å². The number of rotatable bonds is 5. The first kappa shape index (κ1) is 31.6. The maximum Gasteiger partial charge on any atom is 0.235 e. The average molecular weight is 728 g/mol. The van der Waals surface area contributed by atoms with E-state index in [1.165, 1.54) is 32.3 Å². The first-order valence-electron chi connectivity index (χ1n) is 19.3. The van der Waals surface area contributed by atoms with E-state index in [0.29, 0.717) is 5.95 Å². The van der Waals surface area contributed by atoms with Gasteiger partial charge in [-0.1, -0.05) is 140 Å². The molecule has 0 atom stereocenters. The number of hydrogen-bond donors (Lipinski definition) is 0. The Bertz CT molecular complexity index is 3240. The van der Waals surface area contributed by atoms with Crippen molar-refractivity contribution in [3.05, 3.63) is 200 Å². The fraction of sp³-hybridized carbons (Fsp3) is 0. The van der Waals surface area contributed by atoms with E-state index in [1.54, 1.807) is 0 Å². The number of fused-ring (bicyclic) bond motifs is 9. The lowest BCUT2D eigenvalue weighted by Crippen LogP contribution is -2.05. The van der Waals surface area contributed by atoms with Gasteiger partial charge in [-0.15, -0.1) is 0 Å². The van der Waals surface area contributed by atoms with Crippen LogP contribution < -0.4 is 0 Å². The Kier molecular flexibility index (Phi) is 6.86. The van der Waals surface area contributed by atoms with Gasteiger partial charge in [0, 0.05) is 54.8 Å². The SMILES string of the molecule is c1ccc(-c2cc(-c3cc(-n4c5ccccc5c5ccccc54)cc(-n4c5ccccc5c5ccccc54)c3)nc(-n3c4ccccc4c4ccccc43)n2)cc1. The molecule has 8 aromatic carbocycles. The monoisotopic (exact) mass is 727 g/mol. The van der Waals surface area contributed by atoms with Crippen LogP contribution in [0.25, 0.3) is 105 Å². The van der Waals surface area contributed by atoms with Gasteiger partial charge in [0.25, 0.3) is 0 Å². The number of hydrogen-bond acceptors (Lipinski definition) is 2. The van der Waals surface area contributed by atoms with E-state index in [2.05, 4.69) is 208 Å². The lowest BCUT2D eigenvalue weighted by Gasteiger charge is -2.17. The molecule has 0 aliphatic carbocycles. The topological polar surface area (TPSA) is 40.6 Å².